The minimum Gasteiger partial charge on any atom is -0.464 e. The Morgan fingerprint density at radius 3 is 2.50 bits per heavy atom. The molecule has 182 valence electrons. The molecule has 2 amide bonds. The van der Waals surface area contributed by atoms with E-state index in [1.807, 2.05) is 51.1 Å². The molecule has 1 heterocycles. The summed E-state index contributed by atoms with van der Waals surface area (Å²) in [6.45, 7) is 8.49. The van der Waals surface area contributed by atoms with Crippen LogP contribution in [0.25, 0.3) is 11.0 Å². The number of nitrogens with one attached hydrogen (secondary N) is 1. The molecule has 3 rings (SSSR count). The van der Waals surface area contributed by atoms with Crippen molar-refractivity contribution in [2.45, 2.75) is 45.8 Å². The van der Waals surface area contributed by atoms with E-state index >= 15 is 0 Å². The first-order valence-corrected chi connectivity index (χ1v) is 11.7. The van der Waals surface area contributed by atoms with Crippen molar-refractivity contribution in [1.82, 2.24) is 15.3 Å². The van der Waals surface area contributed by atoms with E-state index in [-0.39, 0.29) is 5.91 Å². The molecule has 0 aliphatic heterocycles. The van der Waals surface area contributed by atoms with Gasteiger partial charge in [-0.05, 0) is 82.6 Å². The summed E-state index contributed by atoms with van der Waals surface area (Å²) in [5.74, 6) is -0.0716. The van der Waals surface area contributed by atoms with Gasteiger partial charge in [0.15, 0.2) is 0 Å². The Balaban J connectivity index is 1.34. The average Bonchev–Trinajstić information content (AvgIpc) is 3.26. The molecule has 1 N–H and O–H groups in total. The smallest absolute Gasteiger partial charge is 0.251 e. The molecule has 0 fully saturated rings. The standard InChI is InChI=1S/C27H35N3O4/c1-27(2,3)34-30(20-31)19-22-9-7-21(8-10-22)6-5-15-29(4)16-14-28-26(32)24-11-12-25-23(18-24)13-17-33-25/h7-13,17-18,20H,5-6,14-16,19H2,1-4H3,(H,28,32). The second-order valence-corrected chi connectivity index (χ2v) is 9.54. The van der Waals surface area contributed by atoms with E-state index in [9.17, 15) is 9.59 Å². The van der Waals surface area contributed by atoms with Gasteiger partial charge in [0.2, 0.25) is 6.41 Å². The van der Waals surface area contributed by atoms with Gasteiger partial charge in [0.1, 0.15) is 5.58 Å². The van der Waals surface area contributed by atoms with Crippen molar-refractivity contribution < 1.29 is 18.8 Å². The van der Waals surface area contributed by atoms with Crippen molar-refractivity contribution >= 4 is 23.3 Å². The molecule has 0 aliphatic carbocycles. The number of carbonyl (C=O) groups is 2. The lowest BCUT2D eigenvalue weighted by Crippen LogP contribution is -2.33. The van der Waals surface area contributed by atoms with E-state index in [1.54, 1.807) is 12.3 Å². The molecule has 7 nitrogen and oxygen atoms in total. The summed E-state index contributed by atoms with van der Waals surface area (Å²) in [6.07, 6.45) is 4.33. The third-order valence-electron chi connectivity index (χ3n) is 5.37. The number of rotatable bonds is 12. The molecule has 3 aromatic rings. The van der Waals surface area contributed by atoms with Gasteiger partial charge < -0.3 is 14.6 Å². The predicted octanol–water partition coefficient (Wildman–Crippen LogP) is 4.42. The van der Waals surface area contributed by atoms with Gasteiger partial charge in [-0.1, -0.05) is 24.3 Å². The quantitative estimate of drug-likeness (QED) is 0.317. The molecule has 0 aliphatic rings. The van der Waals surface area contributed by atoms with Gasteiger partial charge in [0, 0.05) is 24.0 Å². The minimum absolute atomic E-state index is 0.0716. The Bertz CT molecular complexity index is 1070. The van der Waals surface area contributed by atoms with Gasteiger partial charge in [0.05, 0.1) is 18.4 Å². The Labute approximate surface area is 201 Å². The molecule has 0 atom stereocenters. The van der Waals surface area contributed by atoms with E-state index in [4.69, 9.17) is 9.25 Å². The van der Waals surface area contributed by atoms with Crippen LogP contribution in [0.1, 0.15) is 48.7 Å². The fourth-order valence-electron chi connectivity index (χ4n) is 3.67. The second kappa shape index (κ2) is 11.8. The summed E-state index contributed by atoms with van der Waals surface area (Å²) in [4.78, 5) is 31.5. The van der Waals surface area contributed by atoms with Crippen LogP contribution in [0, 0.1) is 0 Å². The van der Waals surface area contributed by atoms with Crippen molar-refractivity contribution in [3.05, 3.63) is 71.5 Å². The highest BCUT2D eigenvalue weighted by molar-refractivity contribution is 5.97. The van der Waals surface area contributed by atoms with Crippen LogP contribution < -0.4 is 5.32 Å². The first-order valence-electron chi connectivity index (χ1n) is 11.7. The molecular weight excluding hydrogens is 430 g/mol. The van der Waals surface area contributed by atoms with Crippen molar-refractivity contribution in [2.75, 3.05) is 26.7 Å². The zero-order chi connectivity index (χ0) is 24.6. The highest BCUT2D eigenvalue weighted by Crippen LogP contribution is 2.17. The first kappa shape index (κ1) is 25.5. The van der Waals surface area contributed by atoms with Gasteiger partial charge in [-0.3, -0.25) is 14.4 Å². The molecule has 0 unspecified atom stereocenters. The van der Waals surface area contributed by atoms with Crippen molar-refractivity contribution in [2.24, 2.45) is 0 Å². The molecule has 0 bridgehead atoms. The zero-order valence-corrected chi connectivity index (χ0v) is 20.5. The average molecular weight is 466 g/mol. The number of hydrogen-bond donors (Lipinski definition) is 1. The van der Waals surface area contributed by atoms with Crippen LogP contribution in [0.2, 0.25) is 0 Å². The van der Waals surface area contributed by atoms with Gasteiger partial charge >= 0.3 is 0 Å². The lowest BCUT2D eigenvalue weighted by atomic mass is 10.1. The zero-order valence-electron chi connectivity index (χ0n) is 20.5. The van der Waals surface area contributed by atoms with Crippen LogP contribution in [0.5, 0.6) is 0 Å². The number of likely N-dealkylation sites (N-methyl/N-ethyl adjacent to an activating group) is 1. The predicted molar refractivity (Wildman–Crippen MR) is 133 cm³/mol. The summed E-state index contributed by atoms with van der Waals surface area (Å²) in [5, 5.41) is 5.24. The number of carbonyl (C=O) groups excluding carboxylic acids is 2. The molecule has 0 spiro atoms. The maximum Gasteiger partial charge on any atom is 0.251 e. The van der Waals surface area contributed by atoms with Crippen molar-refractivity contribution in [1.29, 1.82) is 0 Å². The Hall–Kier alpha value is -3.16. The van der Waals surface area contributed by atoms with Crippen LogP contribution in [-0.4, -0.2) is 54.6 Å². The normalized spacial score (nSPS) is 11.7. The Morgan fingerprint density at radius 1 is 1.06 bits per heavy atom. The largest absolute Gasteiger partial charge is 0.464 e. The van der Waals surface area contributed by atoms with E-state index < -0.39 is 5.60 Å². The summed E-state index contributed by atoms with van der Waals surface area (Å²) in [7, 11) is 2.07. The SMILES string of the molecule is CN(CCCc1ccc(CN(C=O)OC(C)(C)C)cc1)CCNC(=O)c1ccc2occc2c1. The number of benzene rings is 2. The topological polar surface area (TPSA) is 75.0 Å². The number of hydrogen-bond acceptors (Lipinski definition) is 5. The fraction of sp³-hybridized carbons (Fsp3) is 0.407. The van der Waals surface area contributed by atoms with Gasteiger partial charge in [0.25, 0.3) is 5.91 Å². The van der Waals surface area contributed by atoms with Crippen molar-refractivity contribution in [3.63, 3.8) is 0 Å². The molecular formula is C27H35N3O4. The molecule has 2 aromatic carbocycles. The molecule has 34 heavy (non-hydrogen) atoms. The molecule has 0 saturated carbocycles. The molecule has 0 saturated heterocycles. The van der Waals surface area contributed by atoms with Crippen LogP contribution in [0.3, 0.4) is 0 Å². The summed E-state index contributed by atoms with van der Waals surface area (Å²) < 4.78 is 5.32. The third kappa shape index (κ3) is 8.01. The summed E-state index contributed by atoms with van der Waals surface area (Å²) in [6, 6.07) is 15.6. The number of amides is 2. The second-order valence-electron chi connectivity index (χ2n) is 9.54. The van der Waals surface area contributed by atoms with Crippen molar-refractivity contribution in [3.8, 4) is 0 Å². The van der Waals surface area contributed by atoms with Gasteiger partial charge in [-0.2, -0.15) is 0 Å². The van der Waals surface area contributed by atoms with Gasteiger partial charge in [-0.15, -0.1) is 0 Å². The lowest BCUT2D eigenvalue weighted by molar-refractivity contribution is -0.220. The highest BCUT2D eigenvalue weighted by atomic mass is 16.7. The fourth-order valence-corrected chi connectivity index (χ4v) is 3.67. The number of furan rings is 1. The molecule has 7 heteroatoms. The third-order valence-corrected chi connectivity index (χ3v) is 5.37. The van der Waals surface area contributed by atoms with Crippen LogP contribution >= 0.6 is 0 Å². The number of aryl methyl sites for hydroxylation is 1. The summed E-state index contributed by atoms with van der Waals surface area (Å²) in [5.41, 5.74) is 3.29. The van der Waals surface area contributed by atoms with E-state index in [1.165, 1.54) is 10.6 Å². The van der Waals surface area contributed by atoms with E-state index in [0.717, 1.165) is 48.9 Å². The molecule has 0 radical (unpaired) electrons. The van der Waals surface area contributed by atoms with Gasteiger partial charge in [-0.25, -0.2) is 5.06 Å². The minimum atomic E-state index is -0.412. The Kier molecular flexibility index (Phi) is 8.85. The number of hydroxylamine groups is 2. The monoisotopic (exact) mass is 465 g/mol. The van der Waals surface area contributed by atoms with Crippen LogP contribution in [0.15, 0.2) is 59.2 Å². The molecule has 1 aromatic heterocycles. The van der Waals surface area contributed by atoms with Crippen LogP contribution in [-0.2, 0) is 22.6 Å². The van der Waals surface area contributed by atoms with Crippen LogP contribution in [0.4, 0.5) is 0 Å². The maximum absolute atomic E-state index is 12.4. The summed E-state index contributed by atoms with van der Waals surface area (Å²) >= 11 is 0. The number of fused-ring (bicyclic) bond motifs is 1. The first-order chi connectivity index (χ1) is 16.2. The van der Waals surface area contributed by atoms with E-state index in [2.05, 4.69) is 29.4 Å². The highest BCUT2D eigenvalue weighted by Gasteiger charge is 2.16. The van der Waals surface area contributed by atoms with E-state index in [0.29, 0.717) is 18.7 Å². The number of nitrogens with zero attached hydrogens (tertiary/aromatic N) is 2. The Morgan fingerprint density at radius 2 is 1.79 bits per heavy atom. The lowest BCUT2D eigenvalue weighted by Gasteiger charge is -2.26. The maximum atomic E-state index is 12.4.